The fourth-order valence-electron chi connectivity index (χ4n) is 3.40. The number of aromatic carboxylic acids is 1. The first-order chi connectivity index (χ1) is 15.9. The molecule has 0 spiro atoms. The molecule has 1 unspecified atom stereocenters. The van der Waals surface area contributed by atoms with Crippen LogP contribution in [-0.4, -0.2) is 49.5 Å². The molecule has 1 amide bonds. The number of nitrogens with zero attached hydrogens (tertiary/aromatic N) is 3. The summed E-state index contributed by atoms with van der Waals surface area (Å²) in [6.45, 7) is 2.72. The van der Waals surface area contributed by atoms with Gasteiger partial charge >= 0.3 is 12.0 Å². The Balaban J connectivity index is 0.000000186. The van der Waals surface area contributed by atoms with E-state index in [-0.39, 0.29) is 24.4 Å². The van der Waals surface area contributed by atoms with Gasteiger partial charge < -0.3 is 19.8 Å². The van der Waals surface area contributed by atoms with E-state index in [2.05, 4.69) is 5.10 Å². The summed E-state index contributed by atoms with van der Waals surface area (Å²) in [6, 6.07) is 15.7. The number of hydrogen-bond acceptors (Lipinski definition) is 5. The molecule has 0 saturated carbocycles. The smallest absolute Gasteiger partial charge is 0.356 e. The molecule has 1 aromatic heterocycles. The monoisotopic (exact) mass is 471 g/mol. The van der Waals surface area contributed by atoms with Crippen molar-refractivity contribution in [2.75, 3.05) is 6.54 Å². The average Bonchev–Trinajstić information content (AvgIpc) is 3.32. The van der Waals surface area contributed by atoms with Gasteiger partial charge in [-0.3, -0.25) is 0 Å². The minimum atomic E-state index is -1.12. The Labute approximate surface area is 197 Å². The van der Waals surface area contributed by atoms with Crippen LogP contribution in [-0.2, 0) is 6.61 Å². The molecule has 1 atom stereocenters. The van der Waals surface area contributed by atoms with Crippen molar-refractivity contribution in [3.8, 4) is 11.5 Å². The summed E-state index contributed by atoms with van der Waals surface area (Å²) in [7, 11) is 0. The molecule has 0 bridgehead atoms. The fraction of sp³-hybridized carbons (Fsp3) is 0.292. The summed E-state index contributed by atoms with van der Waals surface area (Å²) in [4.78, 5) is 24.5. The Bertz CT molecular complexity index is 1080. The van der Waals surface area contributed by atoms with Crippen molar-refractivity contribution in [3.05, 3.63) is 77.1 Å². The van der Waals surface area contributed by atoms with Gasteiger partial charge in [0.25, 0.3) is 0 Å². The number of piperidine rings is 1. The second-order valence-electron chi connectivity index (χ2n) is 7.63. The van der Waals surface area contributed by atoms with Crippen molar-refractivity contribution in [1.29, 1.82) is 0 Å². The summed E-state index contributed by atoms with van der Waals surface area (Å²) >= 11 is 5.77. The zero-order valence-electron chi connectivity index (χ0n) is 18.2. The third kappa shape index (κ3) is 6.81. The van der Waals surface area contributed by atoms with E-state index in [9.17, 15) is 9.59 Å². The number of likely N-dealkylation sites (tertiary alicyclic amines) is 1. The van der Waals surface area contributed by atoms with E-state index in [0.717, 1.165) is 35.3 Å². The maximum atomic E-state index is 12.1. The van der Waals surface area contributed by atoms with Gasteiger partial charge in [-0.15, -0.1) is 0 Å². The number of carbonyl (C=O) groups excluding carboxylic acids is 1. The summed E-state index contributed by atoms with van der Waals surface area (Å²) in [5, 5.41) is 22.2. The highest BCUT2D eigenvalue weighted by Crippen LogP contribution is 2.23. The number of hydrogen-bond donors (Lipinski definition) is 2. The zero-order chi connectivity index (χ0) is 23.8. The van der Waals surface area contributed by atoms with Gasteiger partial charge in [0.05, 0.1) is 6.61 Å². The van der Waals surface area contributed by atoms with Crippen molar-refractivity contribution in [1.82, 2.24) is 14.7 Å². The zero-order valence-corrected chi connectivity index (χ0v) is 19.0. The Morgan fingerprint density at radius 2 is 1.88 bits per heavy atom. The number of ether oxygens (including phenoxy) is 1. The van der Waals surface area contributed by atoms with Crippen LogP contribution in [0.2, 0.25) is 5.02 Å². The van der Waals surface area contributed by atoms with E-state index in [4.69, 9.17) is 26.6 Å². The van der Waals surface area contributed by atoms with E-state index < -0.39 is 5.97 Å². The van der Waals surface area contributed by atoms with Crippen LogP contribution in [0.4, 0.5) is 4.79 Å². The minimum absolute atomic E-state index is 0.0117. The molecule has 9 heteroatoms. The lowest BCUT2D eigenvalue weighted by Gasteiger charge is -2.32. The van der Waals surface area contributed by atoms with Crippen LogP contribution in [0.3, 0.4) is 0 Å². The molecule has 3 aromatic rings. The molecule has 2 N–H and O–H groups in total. The standard InChI is InChI=1S/C13H11ClO2.C11H15N3O3/c14-11-4-6-12(7-5-11)16-13-3-1-2-10(8-13)9-15;1-8-4-2-3-6-13(8)11(17)14-7-5-9(12-14)10(15)16/h1-8,15H,9H2;5,7-8H,2-4,6H2,1H3,(H,15,16). The van der Waals surface area contributed by atoms with Crippen LogP contribution in [0, 0.1) is 0 Å². The first kappa shape index (κ1) is 24.3. The molecule has 1 aliphatic rings. The highest BCUT2D eigenvalue weighted by molar-refractivity contribution is 6.30. The average molecular weight is 472 g/mol. The van der Waals surface area contributed by atoms with Crippen molar-refractivity contribution >= 4 is 23.6 Å². The molecular weight excluding hydrogens is 446 g/mol. The number of aromatic nitrogens is 2. The summed E-state index contributed by atoms with van der Waals surface area (Å²) in [6.07, 6.45) is 4.50. The number of halogens is 1. The van der Waals surface area contributed by atoms with Crippen LogP contribution in [0.1, 0.15) is 42.2 Å². The van der Waals surface area contributed by atoms with E-state index >= 15 is 0 Å². The first-order valence-corrected chi connectivity index (χ1v) is 11.0. The second-order valence-corrected chi connectivity index (χ2v) is 8.07. The van der Waals surface area contributed by atoms with Crippen LogP contribution in [0.5, 0.6) is 11.5 Å². The topological polar surface area (TPSA) is 105 Å². The maximum absolute atomic E-state index is 12.1. The molecule has 0 aliphatic carbocycles. The number of aliphatic hydroxyl groups is 1. The van der Waals surface area contributed by atoms with Crippen molar-refractivity contribution in [2.45, 2.75) is 38.8 Å². The summed E-state index contributed by atoms with van der Waals surface area (Å²) in [5.74, 6) is 0.302. The fourth-order valence-corrected chi connectivity index (χ4v) is 3.53. The SMILES string of the molecule is CC1CCCCN1C(=O)n1ccc(C(=O)O)n1.OCc1cccc(Oc2ccc(Cl)cc2)c1. The highest BCUT2D eigenvalue weighted by atomic mass is 35.5. The predicted molar refractivity (Wildman–Crippen MR) is 124 cm³/mol. The third-order valence-corrected chi connectivity index (χ3v) is 5.44. The van der Waals surface area contributed by atoms with Gasteiger partial charge in [0.15, 0.2) is 5.69 Å². The minimum Gasteiger partial charge on any atom is -0.476 e. The molecule has 2 heterocycles. The van der Waals surface area contributed by atoms with Crippen LogP contribution in [0.15, 0.2) is 60.8 Å². The Hall–Kier alpha value is -3.36. The molecule has 0 radical (unpaired) electrons. The number of carboxylic acid groups (broad SMARTS) is 1. The largest absolute Gasteiger partial charge is 0.476 e. The van der Waals surface area contributed by atoms with E-state index in [1.165, 1.54) is 12.3 Å². The number of carboxylic acids is 1. The number of carbonyl (C=O) groups is 2. The highest BCUT2D eigenvalue weighted by Gasteiger charge is 2.25. The molecule has 33 heavy (non-hydrogen) atoms. The summed E-state index contributed by atoms with van der Waals surface area (Å²) in [5.41, 5.74) is 0.717. The molecule has 8 nitrogen and oxygen atoms in total. The van der Waals surface area contributed by atoms with Crippen molar-refractivity contribution in [2.24, 2.45) is 0 Å². The van der Waals surface area contributed by atoms with Crippen LogP contribution in [0.25, 0.3) is 0 Å². The third-order valence-electron chi connectivity index (χ3n) is 5.18. The van der Waals surface area contributed by atoms with Crippen molar-refractivity contribution in [3.63, 3.8) is 0 Å². The van der Waals surface area contributed by atoms with Gasteiger partial charge in [-0.2, -0.15) is 9.78 Å². The Kier molecular flexibility index (Phi) is 8.46. The lowest BCUT2D eigenvalue weighted by atomic mass is 10.0. The first-order valence-electron chi connectivity index (χ1n) is 10.6. The number of benzene rings is 2. The van der Waals surface area contributed by atoms with E-state index in [0.29, 0.717) is 17.3 Å². The molecular formula is C24H26ClN3O5. The van der Waals surface area contributed by atoms with Gasteiger partial charge in [0.2, 0.25) is 0 Å². The number of amides is 1. The Morgan fingerprint density at radius 3 is 2.52 bits per heavy atom. The predicted octanol–water partition coefficient (Wildman–Crippen LogP) is 5.05. The number of aliphatic hydroxyl groups excluding tert-OH is 1. The molecule has 1 saturated heterocycles. The molecule has 174 valence electrons. The van der Waals surface area contributed by atoms with Crippen molar-refractivity contribution < 1.29 is 24.5 Å². The van der Waals surface area contributed by atoms with Gasteiger partial charge in [0.1, 0.15) is 11.5 Å². The van der Waals surface area contributed by atoms with Gasteiger partial charge in [-0.25, -0.2) is 9.59 Å². The lowest BCUT2D eigenvalue weighted by Crippen LogP contribution is -2.44. The van der Waals surface area contributed by atoms with E-state index in [1.54, 1.807) is 35.2 Å². The second kappa shape index (κ2) is 11.5. The lowest BCUT2D eigenvalue weighted by molar-refractivity contribution is 0.0689. The van der Waals surface area contributed by atoms with Crippen LogP contribution >= 0.6 is 11.6 Å². The maximum Gasteiger partial charge on any atom is 0.356 e. The number of rotatable bonds is 4. The molecule has 2 aromatic carbocycles. The quantitative estimate of drug-likeness (QED) is 0.551. The van der Waals surface area contributed by atoms with Gasteiger partial charge in [-0.1, -0.05) is 23.7 Å². The molecule has 1 fully saturated rings. The van der Waals surface area contributed by atoms with E-state index in [1.807, 2.05) is 25.1 Å². The van der Waals surface area contributed by atoms with Crippen LogP contribution < -0.4 is 4.74 Å². The Morgan fingerprint density at radius 1 is 1.12 bits per heavy atom. The molecule has 1 aliphatic heterocycles. The molecule has 4 rings (SSSR count). The van der Waals surface area contributed by atoms with Gasteiger partial charge in [0, 0.05) is 23.8 Å². The summed E-state index contributed by atoms with van der Waals surface area (Å²) < 4.78 is 6.71. The van der Waals surface area contributed by atoms with Gasteiger partial charge in [-0.05, 0) is 74.2 Å². The normalized spacial score (nSPS) is 15.4.